The molecule has 0 heterocycles. The van der Waals surface area contributed by atoms with E-state index >= 15 is 0 Å². The molecular formula is C21H48O3. The maximum Gasteiger partial charge on any atom is 0.0742 e. The molecule has 2 atom stereocenters. The highest BCUT2D eigenvalue weighted by atomic mass is 16.5. The van der Waals surface area contributed by atoms with Gasteiger partial charge in [0.25, 0.3) is 0 Å². The third-order valence-electron chi connectivity index (χ3n) is 3.80. The fourth-order valence-corrected chi connectivity index (χ4v) is 1.77. The van der Waals surface area contributed by atoms with Gasteiger partial charge in [-0.3, -0.25) is 0 Å². The van der Waals surface area contributed by atoms with Crippen LogP contribution >= 0.6 is 0 Å². The highest BCUT2D eigenvalue weighted by Gasteiger charge is 1.94. The lowest BCUT2D eigenvalue weighted by atomic mass is 10.0. The molecule has 0 aliphatic rings. The third kappa shape index (κ3) is 37.8. The van der Waals surface area contributed by atoms with E-state index in [0.29, 0.717) is 0 Å². The molecule has 3 heteroatoms. The second kappa shape index (κ2) is 27.7. The van der Waals surface area contributed by atoms with E-state index in [1.54, 1.807) is 0 Å². The highest BCUT2D eigenvalue weighted by molar-refractivity contribution is 4.47. The van der Waals surface area contributed by atoms with Gasteiger partial charge in [0.1, 0.15) is 0 Å². The van der Waals surface area contributed by atoms with Gasteiger partial charge in [-0.15, -0.1) is 0 Å². The molecule has 24 heavy (non-hydrogen) atoms. The third-order valence-corrected chi connectivity index (χ3v) is 3.80. The van der Waals surface area contributed by atoms with Crippen molar-refractivity contribution in [2.24, 2.45) is 5.92 Å². The molecule has 0 aliphatic carbocycles. The monoisotopic (exact) mass is 348 g/mol. The molecule has 0 bridgehead atoms. The van der Waals surface area contributed by atoms with Crippen LogP contribution in [0.5, 0.6) is 0 Å². The minimum absolute atomic E-state index is 0.139. The van der Waals surface area contributed by atoms with Gasteiger partial charge in [-0.2, -0.15) is 0 Å². The zero-order valence-corrected chi connectivity index (χ0v) is 17.6. The molecule has 0 aromatic heterocycles. The molecule has 0 spiro atoms. The Morgan fingerprint density at radius 1 is 0.750 bits per heavy atom. The Kier molecular flexibility index (Phi) is 33.1. The van der Waals surface area contributed by atoms with Crippen LogP contribution in [0.4, 0.5) is 0 Å². The largest absolute Gasteiger partial charge is 0.394 e. The van der Waals surface area contributed by atoms with E-state index in [9.17, 15) is 0 Å². The number of hydrogen-bond donors (Lipinski definition) is 2. The standard InChI is InChI=1S/C10H22O.C8H18.C3H8O2/c1-3-5-7-9-11-10-8-6-4-2;1-4-6-7-8(3)5-2;1-3(5)2-4/h3-10H2,1-2H3;8H,4-7H2,1-3H3;3-5H,2H2,1H3. The lowest BCUT2D eigenvalue weighted by molar-refractivity contribution is 0.110. The Morgan fingerprint density at radius 2 is 1.17 bits per heavy atom. The van der Waals surface area contributed by atoms with E-state index in [2.05, 4.69) is 34.6 Å². The van der Waals surface area contributed by atoms with Crippen LogP contribution in [0.15, 0.2) is 0 Å². The Labute approximate surface area is 153 Å². The molecule has 0 amide bonds. The zero-order chi connectivity index (χ0) is 19.1. The maximum atomic E-state index is 8.11. The van der Waals surface area contributed by atoms with Gasteiger partial charge in [0.05, 0.1) is 12.7 Å². The van der Waals surface area contributed by atoms with Crippen LogP contribution in [-0.4, -0.2) is 36.1 Å². The average Bonchev–Trinajstić information content (AvgIpc) is 2.60. The van der Waals surface area contributed by atoms with Gasteiger partial charge in [-0.05, 0) is 25.7 Å². The summed E-state index contributed by atoms with van der Waals surface area (Å²) in [6.45, 7) is 14.6. The zero-order valence-electron chi connectivity index (χ0n) is 17.6. The molecule has 2 N–H and O–H groups in total. The minimum atomic E-state index is -0.560. The fraction of sp³-hybridized carbons (Fsp3) is 1.00. The van der Waals surface area contributed by atoms with Crippen molar-refractivity contribution < 1.29 is 14.9 Å². The van der Waals surface area contributed by atoms with Crippen LogP contribution in [0.25, 0.3) is 0 Å². The molecule has 0 aromatic carbocycles. The van der Waals surface area contributed by atoms with Gasteiger partial charge in [-0.1, -0.05) is 86.0 Å². The topological polar surface area (TPSA) is 49.7 Å². The Morgan fingerprint density at radius 3 is 1.46 bits per heavy atom. The number of ether oxygens (including phenoxy) is 1. The van der Waals surface area contributed by atoms with Gasteiger partial charge in [-0.25, -0.2) is 0 Å². The predicted molar refractivity (Wildman–Crippen MR) is 108 cm³/mol. The second-order valence-electron chi connectivity index (χ2n) is 6.71. The van der Waals surface area contributed by atoms with Crippen molar-refractivity contribution >= 4 is 0 Å². The number of unbranched alkanes of at least 4 members (excludes halogenated alkanes) is 5. The van der Waals surface area contributed by atoms with Crippen LogP contribution in [0.2, 0.25) is 0 Å². The molecule has 150 valence electrons. The van der Waals surface area contributed by atoms with Gasteiger partial charge in [0, 0.05) is 13.2 Å². The van der Waals surface area contributed by atoms with E-state index in [1.165, 1.54) is 71.1 Å². The average molecular weight is 349 g/mol. The molecular weight excluding hydrogens is 300 g/mol. The van der Waals surface area contributed by atoms with E-state index in [0.717, 1.165) is 19.1 Å². The Hall–Kier alpha value is -0.120. The van der Waals surface area contributed by atoms with Crippen LogP contribution in [0, 0.1) is 5.92 Å². The molecule has 0 fully saturated rings. The lowest BCUT2D eigenvalue weighted by Gasteiger charge is -2.04. The summed E-state index contributed by atoms with van der Waals surface area (Å²) in [5.74, 6) is 0.954. The molecule has 0 radical (unpaired) electrons. The van der Waals surface area contributed by atoms with Gasteiger partial charge < -0.3 is 14.9 Å². The quantitative estimate of drug-likeness (QED) is 0.403. The number of rotatable bonds is 13. The molecule has 2 unspecified atom stereocenters. The van der Waals surface area contributed by atoms with Crippen molar-refractivity contribution in [2.75, 3.05) is 19.8 Å². The highest BCUT2D eigenvalue weighted by Crippen LogP contribution is 2.09. The van der Waals surface area contributed by atoms with Crippen molar-refractivity contribution in [1.82, 2.24) is 0 Å². The summed E-state index contributed by atoms with van der Waals surface area (Å²) in [6.07, 6.45) is 12.7. The van der Waals surface area contributed by atoms with E-state index in [-0.39, 0.29) is 6.61 Å². The van der Waals surface area contributed by atoms with Crippen LogP contribution < -0.4 is 0 Å². The second-order valence-corrected chi connectivity index (χ2v) is 6.71. The van der Waals surface area contributed by atoms with Crippen molar-refractivity contribution in [1.29, 1.82) is 0 Å². The molecule has 0 rings (SSSR count). The first-order chi connectivity index (χ1) is 11.5. The van der Waals surface area contributed by atoms with Crippen LogP contribution in [0.3, 0.4) is 0 Å². The van der Waals surface area contributed by atoms with Gasteiger partial charge >= 0.3 is 0 Å². The summed E-state index contributed by atoms with van der Waals surface area (Å²) in [7, 11) is 0. The summed E-state index contributed by atoms with van der Waals surface area (Å²) < 4.78 is 5.44. The fourth-order valence-electron chi connectivity index (χ4n) is 1.77. The summed E-state index contributed by atoms with van der Waals surface area (Å²) >= 11 is 0. The van der Waals surface area contributed by atoms with Crippen LogP contribution in [-0.2, 0) is 4.74 Å². The molecule has 3 nitrogen and oxygen atoms in total. The maximum absolute atomic E-state index is 8.11. The Bertz CT molecular complexity index is 176. The predicted octanol–water partition coefficient (Wildman–Crippen LogP) is 5.97. The van der Waals surface area contributed by atoms with Crippen LogP contribution in [0.1, 0.15) is 106 Å². The number of aliphatic hydroxyl groups is 2. The smallest absolute Gasteiger partial charge is 0.0742 e. The first kappa shape index (κ1) is 28.7. The number of hydrogen-bond acceptors (Lipinski definition) is 3. The van der Waals surface area contributed by atoms with E-state index in [1.807, 2.05) is 0 Å². The number of aliphatic hydroxyl groups excluding tert-OH is 2. The van der Waals surface area contributed by atoms with Crippen molar-refractivity contribution in [3.63, 3.8) is 0 Å². The van der Waals surface area contributed by atoms with Crippen molar-refractivity contribution in [3.05, 3.63) is 0 Å². The summed E-state index contributed by atoms with van der Waals surface area (Å²) in [4.78, 5) is 0. The Balaban J connectivity index is -0.000000298. The van der Waals surface area contributed by atoms with Gasteiger partial charge in [0.15, 0.2) is 0 Å². The first-order valence-electron chi connectivity index (χ1n) is 10.4. The van der Waals surface area contributed by atoms with Gasteiger partial charge in [0.2, 0.25) is 0 Å². The summed E-state index contributed by atoms with van der Waals surface area (Å²) in [5, 5.41) is 16.0. The lowest BCUT2D eigenvalue weighted by Crippen LogP contribution is -2.03. The van der Waals surface area contributed by atoms with Crippen molar-refractivity contribution in [2.45, 2.75) is 112 Å². The van der Waals surface area contributed by atoms with Crippen molar-refractivity contribution in [3.8, 4) is 0 Å². The molecule has 0 saturated carbocycles. The molecule has 0 aromatic rings. The van der Waals surface area contributed by atoms with E-state index in [4.69, 9.17) is 14.9 Å². The van der Waals surface area contributed by atoms with E-state index < -0.39 is 6.10 Å². The minimum Gasteiger partial charge on any atom is -0.394 e. The summed E-state index contributed by atoms with van der Waals surface area (Å²) in [5.41, 5.74) is 0. The first-order valence-corrected chi connectivity index (χ1v) is 10.4. The molecule has 0 aliphatic heterocycles. The SMILES string of the molecule is CC(O)CO.CCCCC(C)CC.CCCCCOCCCCC. The summed E-state index contributed by atoms with van der Waals surface area (Å²) in [6, 6.07) is 0. The molecule has 0 saturated heterocycles. The normalized spacial score (nSPS) is 12.5.